The number of nitrogens with two attached hydrogens (primary N) is 1. The maximum Gasteiger partial charge on any atom is 0.128 e. The van der Waals surface area contributed by atoms with Gasteiger partial charge in [0.15, 0.2) is 0 Å². The maximum absolute atomic E-state index is 13.1. The molecule has 0 fully saturated rings. The first-order valence-corrected chi connectivity index (χ1v) is 4.23. The minimum Gasteiger partial charge on any atom is -0.324 e. The topological polar surface area (TPSA) is 26.0 Å². The fraction of sp³-hybridized carbons (Fsp3) is 0.333. The molecular formula is C9H11ClFN. The molecule has 2 N–H and O–H groups in total. The highest BCUT2D eigenvalue weighted by atomic mass is 35.5. The molecule has 12 heavy (non-hydrogen) atoms. The van der Waals surface area contributed by atoms with Crippen LogP contribution in [-0.4, -0.2) is 0 Å². The van der Waals surface area contributed by atoms with Crippen LogP contribution in [0.4, 0.5) is 4.39 Å². The van der Waals surface area contributed by atoms with Gasteiger partial charge >= 0.3 is 0 Å². The molecule has 66 valence electrons. The van der Waals surface area contributed by atoms with Crippen molar-refractivity contribution in [2.45, 2.75) is 19.4 Å². The van der Waals surface area contributed by atoms with Crippen molar-refractivity contribution >= 4 is 11.6 Å². The van der Waals surface area contributed by atoms with E-state index in [9.17, 15) is 4.39 Å². The van der Waals surface area contributed by atoms with Crippen LogP contribution in [0, 0.1) is 5.82 Å². The summed E-state index contributed by atoms with van der Waals surface area (Å²) in [5.74, 6) is -0.284. The van der Waals surface area contributed by atoms with Crippen molar-refractivity contribution < 1.29 is 4.39 Å². The average molecular weight is 188 g/mol. The Bertz CT molecular complexity index is 275. The van der Waals surface area contributed by atoms with Gasteiger partial charge in [0.25, 0.3) is 0 Å². The van der Waals surface area contributed by atoms with Crippen LogP contribution in [0.5, 0.6) is 0 Å². The molecule has 0 bridgehead atoms. The van der Waals surface area contributed by atoms with Crippen molar-refractivity contribution in [3.05, 3.63) is 34.6 Å². The Morgan fingerprint density at radius 1 is 1.58 bits per heavy atom. The summed E-state index contributed by atoms with van der Waals surface area (Å²) in [6, 6.07) is 4.17. The van der Waals surface area contributed by atoms with Gasteiger partial charge in [-0.25, -0.2) is 4.39 Å². The second kappa shape index (κ2) is 3.87. The molecular weight excluding hydrogens is 177 g/mol. The van der Waals surface area contributed by atoms with Crippen LogP contribution < -0.4 is 5.73 Å². The molecule has 0 saturated carbocycles. The van der Waals surface area contributed by atoms with E-state index in [4.69, 9.17) is 17.3 Å². The van der Waals surface area contributed by atoms with Crippen LogP contribution in [0.2, 0.25) is 5.02 Å². The van der Waals surface area contributed by atoms with E-state index < -0.39 is 0 Å². The molecule has 0 aliphatic rings. The molecule has 0 saturated heterocycles. The van der Waals surface area contributed by atoms with E-state index in [-0.39, 0.29) is 11.9 Å². The molecule has 0 radical (unpaired) electrons. The van der Waals surface area contributed by atoms with Crippen LogP contribution in [0.3, 0.4) is 0 Å². The second-order valence-corrected chi connectivity index (χ2v) is 3.12. The van der Waals surface area contributed by atoms with Crippen molar-refractivity contribution in [3.8, 4) is 0 Å². The number of benzene rings is 1. The monoisotopic (exact) mass is 187 g/mol. The molecule has 0 amide bonds. The Labute approximate surface area is 76.3 Å². The van der Waals surface area contributed by atoms with E-state index >= 15 is 0 Å². The zero-order valence-electron chi connectivity index (χ0n) is 6.85. The summed E-state index contributed by atoms with van der Waals surface area (Å²) in [5.41, 5.74) is 6.16. The lowest BCUT2D eigenvalue weighted by Crippen LogP contribution is -2.10. The first kappa shape index (κ1) is 9.49. The molecule has 1 atom stereocenters. The van der Waals surface area contributed by atoms with Crippen molar-refractivity contribution in [1.82, 2.24) is 0 Å². The van der Waals surface area contributed by atoms with Crippen LogP contribution in [0.15, 0.2) is 18.2 Å². The zero-order valence-corrected chi connectivity index (χ0v) is 7.61. The first-order chi connectivity index (χ1) is 5.65. The summed E-state index contributed by atoms with van der Waals surface area (Å²) < 4.78 is 13.1. The van der Waals surface area contributed by atoms with Gasteiger partial charge in [-0.1, -0.05) is 18.5 Å². The largest absolute Gasteiger partial charge is 0.324 e. The lowest BCUT2D eigenvalue weighted by Gasteiger charge is -2.09. The van der Waals surface area contributed by atoms with E-state index in [0.717, 1.165) is 0 Å². The average Bonchev–Trinajstić information content (AvgIpc) is 2.08. The third kappa shape index (κ3) is 1.96. The summed E-state index contributed by atoms with van der Waals surface area (Å²) in [7, 11) is 0. The van der Waals surface area contributed by atoms with E-state index in [0.29, 0.717) is 17.0 Å². The molecule has 0 heterocycles. The first-order valence-electron chi connectivity index (χ1n) is 3.85. The van der Waals surface area contributed by atoms with Gasteiger partial charge in [-0.15, -0.1) is 0 Å². The van der Waals surface area contributed by atoms with Crippen molar-refractivity contribution in [3.63, 3.8) is 0 Å². The van der Waals surface area contributed by atoms with Gasteiger partial charge in [0, 0.05) is 16.6 Å². The Morgan fingerprint density at radius 3 is 2.83 bits per heavy atom. The normalized spacial score (nSPS) is 13.0. The Morgan fingerprint density at radius 2 is 2.25 bits per heavy atom. The predicted molar refractivity (Wildman–Crippen MR) is 48.6 cm³/mol. The standard InChI is InChI=1S/C9H11ClFN/c1-2-9(12)7-5-6(10)3-4-8(7)11/h3-5,9H,2,12H2,1H3/t9-/m1/s1. The molecule has 3 heteroatoms. The minimum atomic E-state index is -0.284. The molecule has 0 aliphatic carbocycles. The van der Waals surface area contributed by atoms with Crippen molar-refractivity contribution in [1.29, 1.82) is 0 Å². The smallest absolute Gasteiger partial charge is 0.128 e. The van der Waals surface area contributed by atoms with Crippen molar-refractivity contribution in [2.24, 2.45) is 5.73 Å². The minimum absolute atomic E-state index is 0.260. The maximum atomic E-state index is 13.1. The van der Waals surface area contributed by atoms with Crippen LogP contribution in [-0.2, 0) is 0 Å². The third-order valence-electron chi connectivity index (χ3n) is 1.80. The van der Waals surface area contributed by atoms with Crippen LogP contribution in [0.25, 0.3) is 0 Å². The number of rotatable bonds is 2. The highest BCUT2D eigenvalue weighted by Crippen LogP contribution is 2.21. The fourth-order valence-corrected chi connectivity index (χ4v) is 1.20. The summed E-state index contributed by atoms with van der Waals surface area (Å²) in [5, 5.41) is 0.523. The highest BCUT2D eigenvalue weighted by molar-refractivity contribution is 6.30. The summed E-state index contributed by atoms with van der Waals surface area (Å²) in [6.07, 6.45) is 0.706. The number of hydrogen-bond acceptors (Lipinski definition) is 1. The van der Waals surface area contributed by atoms with E-state index in [1.54, 1.807) is 6.07 Å². The zero-order chi connectivity index (χ0) is 9.14. The lowest BCUT2D eigenvalue weighted by molar-refractivity contribution is 0.575. The van der Waals surface area contributed by atoms with E-state index in [2.05, 4.69) is 0 Å². The highest BCUT2D eigenvalue weighted by Gasteiger charge is 2.09. The molecule has 0 unspecified atom stereocenters. The third-order valence-corrected chi connectivity index (χ3v) is 2.03. The number of halogens is 2. The van der Waals surface area contributed by atoms with Gasteiger partial charge < -0.3 is 5.73 Å². The second-order valence-electron chi connectivity index (χ2n) is 2.68. The lowest BCUT2D eigenvalue weighted by atomic mass is 10.1. The Balaban J connectivity index is 3.04. The fourth-order valence-electron chi connectivity index (χ4n) is 1.02. The molecule has 1 aromatic rings. The van der Waals surface area contributed by atoms with Crippen LogP contribution >= 0.6 is 11.6 Å². The quantitative estimate of drug-likeness (QED) is 0.757. The summed E-state index contributed by atoms with van der Waals surface area (Å²) in [4.78, 5) is 0. The molecule has 1 rings (SSSR count). The summed E-state index contributed by atoms with van der Waals surface area (Å²) in [6.45, 7) is 1.91. The van der Waals surface area contributed by atoms with Crippen molar-refractivity contribution in [2.75, 3.05) is 0 Å². The number of hydrogen-bond donors (Lipinski definition) is 1. The van der Waals surface area contributed by atoms with Gasteiger partial charge in [-0.2, -0.15) is 0 Å². The Hall–Kier alpha value is -0.600. The molecule has 0 spiro atoms. The van der Waals surface area contributed by atoms with Gasteiger partial charge in [-0.05, 0) is 24.6 Å². The summed E-state index contributed by atoms with van der Waals surface area (Å²) >= 11 is 5.70. The van der Waals surface area contributed by atoms with E-state index in [1.807, 2.05) is 6.92 Å². The van der Waals surface area contributed by atoms with Gasteiger partial charge in [0.1, 0.15) is 5.82 Å². The molecule has 0 aliphatic heterocycles. The molecule has 1 aromatic carbocycles. The van der Waals surface area contributed by atoms with E-state index in [1.165, 1.54) is 12.1 Å². The van der Waals surface area contributed by atoms with Gasteiger partial charge in [0.2, 0.25) is 0 Å². The predicted octanol–water partition coefficient (Wildman–Crippen LogP) is 2.89. The molecule has 1 nitrogen and oxygen atoms in total. The Kier molecular flexibility index (Phi) is 3.06. The van der Waals surface area contributed by atoms with Gasteiger partial charge in [0.05, 0.1) is 0 Å². The molecule has 0 aromatic heterocycles. The SMILES string of the molecule is CC[C@@H](N)c1cc(Cl)ccc1F. The van der Waals surface area contributed by atoms with Gasteiger partial charge in [-0.3, -0.25) is 0 Å². The van der Waals surface area contributed by atoms with Crippen LogP contribution in [0.1, 0.15) is 24.9 Å².